The zero-order chi connectivity index (χ0) is 14.6. The van der Waals surface area contributed by atoms with Crippen molar-refractivity contribution in [3.8, 4) is 0 Å². The Labute approximate surface area is 118 Å². The Morgan fingerprint density at radius 2 is 1.80 bits per heavy atom. The normalized spacial score (nSPS) is 17.0. The van der Waals surface area contributed by atoms with Gasteiger partial charge in [0.2, 0.25) is 0 Å². The molecule has 0 bridgehead atoms. The molecule has 0 aliphatic carbocycles. The first-order chi connectivity index (χ1) is 9.50. The summed E-state index contributed by atoms with van der Waals surface area (Å²) in [6.07, 6.45) is 3.37. The van der Waals surface area contributed by atoms with E-state index >= 15 is 0 Å². The highest BCUT2D eigenvalue weighted by molar-refractivity contribution is 7.91. The minimum Gasteiger partial charge on any atom is -0.302 e. The van der Waals surface area contributed by atoms with Crippen molar-refractivity contribution in [2.45, 2.75) is 24.2 Å². The van der Waals surface area contributed by atoms with Crippen LogP contribution in [0.1, 0.15) is 19.3 Å². The molecule has 110 valence electrons. The summed E-state index contributed by atoms with van der Waals surface area (Å²) >= 11 is 0. The van der Waals surface area contributed by atoms with Crippen LogP contribution in [0.25, 0.3) is 0 Å². The number of rotatable bonds is 5. The predicted molar refractivity (Wildman–Crippen MR) is 75.4 cm³/mol. The quantitative estimate of drug-likeness (QED) is 0.612. The van der Waals surface area contributed by atoms with Crippen LogP contribution in [-0.2, 0) is 9.84 Å². The first kappa shape index (κ1) is 14.9. The number of para-hydroxylation sites is 1. The second kappa shape index (κ2) is 6.32. The smallest absolute Gasteiger partial charge is 0.287 e. The highest BCUT2D eigenvalue weighted by Crippen LogP contribution is 2.24. The van der Waals surface area contributed by atoms with Gasteiger partial charge in [-0.05, 0) is 32.0 Å². The molecule has 6 nitrogen and oxygen atoms in total. The van der Waals surface area contributed by atoms with Gasteiger partial charge in [-0.3, -0.25) is 10.1 Å². The van der Waals surface area contributed by atoms with E-state index in [1.165, 1.54) is 30.7 Å². The Morgan fingerprint density at radius 1 is 1.15 bits per heavy atom. The van der Waals surface area contributed by atoms with Crippen molar-refractivity contribution in [2.24, 2.45) is 0 Å². The van der Waals surface area contributed by atoms with Gasteiger partial charge in [0, 0.05) is 12.6 Å². The molecule has 0 atom stereocenters. The van der Waals surface area contributed by atoms with E-state index in [0.717, 1.165) is 25.9 Å². The fraction of sp³-hybridized carbons (Fsp3) is 0.538. The van der Waals surface area contributed by atoms with Gasteiger partial charge in [0.05, 0.1) is 10.7 Å². The lowest BCUT2D eigenvalue weighted by Gasteiger charge is -2.26. The maximum Gasteiger partial charge on any atom is 0.287 e. The largest absolute Gasteiger partial charge is 0.302 e. The maximum atomic E-state index is 12.3. The summed E-state index contributed by atoms with van der Waals surface area (Å²) < 4.78 is 24.5. The molecule has 1 heterocycles. The molecule has 2 rings (SSSR count). The van der Waals surface area contributed by atoms with Gasteiger partial charge < -0.3 is 4.90 Å². The van der Waals surface area contributed by atoms with Crippen molar-refractivity contribution >= 4 is 15.5 Å². The van der Waals surface area contributed by atoms with Gasteiger partial charge in [0.15, 0.2) is 9.84 Å². The van der Waals surface area contributed by atoms with Crippen LogP contribution in [0.5, 0.6) is 0 Å². The van der Waals surface area contributed by atoms with Crippen LogP contribution in [-0.4, -0.2) is 43.6 Å². The third-order valence-corrected chi connectivity index (χ3v) is 5.26. The highest BCUT2D eigenvalue weighted by atomic mass is 32.2. The number of hydrogen-bond acceptors (Lipinski definition) is 5. The van der Waals surface area contributed by atoms with Gasteiger partial charge in [-0.25, -0.2) is 8.42 Å². The Bertz CT molecular complexity index is 580. The molecule has 0 amide bonds. The number of nitro benzene ring substituents is 1. The molecule has 0 radical (unpaired) electrons. The Balaban J connectivity index is 2.12. The lowest BCUT2D eigenvalue weighted by Crippen LogP contribution is -2.34. The van der Waals surface area contributed by atoms with Crippen molar-refractivity contribution in [3.63, 3.8) is 0 Å². The van der Waals surface area contributed by atoms with Gasteiger partial charge in [-0.2, -0.15) is 0 Å². The lowest BCUT2D eigenvalue weighted by molar-refractivity contribution is -0.387. The molecule has 1 aromatic rings. The molecular formula is C13H18N2O4S. The van der Waals surface area contributed by atoms with Gasteiger partial charge >= 0.3 is 0 Å². The highest BCUT2D eigenvalue weighted by Gasteiger charge is 2.25. The molecule has 0 N–H and O–H groups in total. The number of sulfone groups is 1. The number of hydrogen-bond donors (Lipinski definition) is 0. The van der Waals surface area contributed by atoms with E-state index in [4.69, 9.17) is 0 Å². The van der Waals surface area contributed by atoms with Crippen LogP contribution < -0.4 is 0 Å². The second-order valence-corrected chi connectivity index (χ2v) is 7.02. The third-order valence-electron chi connectivity index (χ3n) is 3.52. The summed E-state index contributed by atoms with van der Waals surface area (Å²) in [5.74, 6) is -0.0716. The number of nitro groups is 1. The van der Waals surface area contributed by atoms with Crippen molar-refractivity contribution in [3.05, 3.63) is 34.4 Å². The third kappa shape index (κ3) is 3.55. The van der Waals surface area contributed by atoms with Crippen LogP contribution in [0, 0.1) is 10.1 Å². The molecule has 20 heavy (non-hydrogen) atoms. The van der Waals surface area contributed by atoms with Crippen molar-refractivity contribution in [2.75, 3.05) is 25.4 Å². The maximum absolute atomic E-state index is 12.3. The zero-order valence-electron chi connectivity index (χ0n) is 11.2. The summed E-state index contributed by atoms with van der Waals surface area (Å²) in [5.41, 5.74) is -0.342. The minimum atomic E-state index is -3.62. The fourth-order valence-corrected chi connectivity index (χ4v) is 3.88. The molecule has 1 fully saturated rings. The molecular weight excluding hydrogens is 280 g/mol. The summed E-state index contributed by atoms with van der Waals surface area (Å²) in [4.78, 5) is 12.2. The van der Waals surface area contributed by atoms with Crippen molar-refractivity contribution in [1.82, 2.24) is 4.90 Å². The standard InChI is InChI=1S/C13H18N2O4S/c16-15(17)12-6-2-3-7-13(12)20(18,19)11-10-14-8-4-1-5-9-14/h2-3,6-7H,1,4-5,8-11H2. The van der Waals surface area contributed by atoms with Gasteiger partial charge in [-0.1, -0.05) is 18.6 Å². The average Bonchev–Trinajstić information content (AvgIpc) is 2.46. The van der Waals surface area contributed by atoms with Gasteiger partial charge in [0.25, 0.3) is 5.69 Å². The van der Waals surface area contributed by atoms with E-state index in [1.54, 1.807) is 0 Å². The van der Waals surface area contributed by atoms with Crippen molar-refractivity contribution < 1.29 is 13.3 Å². The van der Waals surface area contributed by atoms with E-state index in [2.05, 4.69) is 4.90 Å². The number of piperidine rings is 1. The Hall–Kier alpha value is -1.47. The molecule has 0 spiro atoms. The molecule has 7 heteroatoms. The van der Waals surface area contributed by atoms with Gasteiger partial charge in [-0.15, -0.1) is 0 Å². The SMILES string of the molecule is O=[N+]([O-])c1ccccc1S(=O)(=O)CCN1CCCCC1. The predicted octanol–water partition coefficient (Wildman–Crippen LogP) is 1.85. The summed E-state index contributed by atoms with van der Waals surface area (Å²) in [7, 11) is -3.62. The van der Waals surface area contributed by atoms with Crippen LogP contribution in [0.4, 0.5) is 5.69 Å². The first-order valence-corrected chi connectivity index (χ1v) is 8.34. The molecule has 1 aliphatic rings. The molecule has 1 saturated heterocycles. The number of likely N-dealkylation sites (tertiary alicyclic amines) is 1. The van der Waals surface area contributed by atoms with Crippen LogP contribution in [0.2, 0.25) is 0 Å². The Kier molecular flexibility index (Phi) is 4.72. The average molecular weight is 298 g/mol. The monoisotopic (exact) mass is 298 g/mol. The zero-order valence-corrected chi connectivity index (χ0v) is 12.0. The van der Waals surface area contributed by atoms with E-state index in [-0.39, 0.29) is 16.3 Å². The fourth-order valence-electron chi connectivity index (χ4n) is 2.41. The van der Waals surface area contributed by atoms with E-state index in [1.807, 2.05) is 0 Å². The lowest BCUT2D eigenvalue weighted by atomic mass is 10.1. The molecule has 1 aromatic carbocycles. The van der Waals surface area contributed by atoms with Gasteiger partial charge in [0.1, 0.15) is 4.90 Å². The van der Waals surface area contributed by atoms with E-state index in [9.17, 15) is 18.5 Å². The van der Waals surface area contributed by atoms with Crippen LogP contribution >= 0.6 is 0 Å². The minimum absolute atomic E-state index is 0.0716. The summed E-state index contributed by atoms with van der Waals surface area (Å²) in [6, 6.07) is 5.53. The van der Waals surface area contributed by atoms with Crippen molar-refractivity contribution in [1.29, 1.82) is 0 Å². The molecule has 1 aliphatic heterocycles. The summed E-state index contributed by atoms with van der Waals surface area (Å²) in [5, 5.41) is 10.9. The topological polar surface area (TPSA) is 80.5 Å². The van der Waals surface area contributed by atoms with Crippen LogP contribution in [0.15, 0.2) is 29.2 Å². The van der Waals surface area contributed by atoms with E-state index in [0.29, 0.717) is 6.54 Å². The van der Waals surface area contributed by atoms with E-state index < -0.39 is 14.8 Å². The first-order valence-electron chi connectivity index (χ1n) is 6.69. The summed E-state index contributed by atoms with van der Waals surface area (Å²) in [6.45, 7) is 2.26. The van der Waals surface area contributed by atoms with Crippen LogP contribution in [0.3, 0.4) is 0 Å². The Morgan fingerprint density at radius 3 is 2.45 bits per heavy atom. The molecule has 0 unspecified atom stereocenters. The molecule has 0 aromatic heterocycles. The number of nitrogens with zero attached hydrogens (tertiary/aromatic N) is 2. The second-order valence-electron chi connectivity index (χ2n) is 4.95. The molecule has 0 saturated carbocycles. The number of benzene rings is 1.